The maximum Gasteiger partial charge on any atom is 0.407 e. The lowest BCUT2D eigenvalue weighted by molar-refractivity contribution is -0.136. The van der Waals surface area contributed by atoms with E-state index in [9.17, 15) is 19.2 Å². The fourth-order valence-electron chi connectivity index (χ4n) is 3.48. The van der Waals surface area contributed by atoms with E-state index in [1.807, 2.05) is 6.07 Å². The maximum absolute atomic E-state index is 12.9. The van der Waals surface area contributed by atoms with Crippen LogP contribution in [0.2, 0.25) is 5.02 Å². The average Bonchev–Trinajstić information content (AvgIpc) is 2.81. The molecule has 0 bridgehead atoms. The van der Waals surface area contributed by atoms with E-state index in [1.54, 1.807) is 43.0 Å². The summed E-state index contributed by atoms with van der Waals surface area (Å²) in [6, 6.07) is 10.5. The van der Waals surface area contributed by atoms with Crippen LogP contribution < -0.4 is 16.0 Å². The van der Waals surface area contributed by atoms with Gasteiger partial charge in [-0.3, -0.25) is 14.4 Å². The first-order valence-corrected chi connectivity index (χ1v) is 11.2. The van der Waals surface area contributed by atoms with E-state index in [2.05, 4.69) is 20.9 Å². The van der Waals surface area contributed by atoms with Crippen LogP contribution in [0.4, 0.5) is 10.6 Å². The van der Waals surface area contributed by atoms with E-state index in [0.29, 0.717) is 23.6 Å². The Hall–Kier alpha value is -3.66. The van der Waals surface area contributed by atoms with Gasteiger partial charge in [-0.15, -0.1) is 0 Å². The van der Waals surface area contributed by atoms with Gasteiger partial charge in [0, 0.05) is 24.8 Å². The Bertz CT molecular complexity index is 1030. The van der Waals surface area contributed by atoms with Crippen molar-refractivity contribution in [2.75, 3.05) is 18.4 Å². The summed E-state index contributed by atoms with van der Waals surface area (Å²) in [4.78, 5) is 55.5. The number of pyridine rings is 1. The van der Waals surface area contributed by atoms with Gasteiger partial charge in [-0.05, 0) is 44.5 Å². The Morgan fingerprint density at radius 1 is 1.03 bits per heavy atom. The second-order valence-electron chi connectivity index (χ2n) is 8.01. The summed E-state index contributed by atoms with van der Waals surface area (Å²) in [6.45, 7) is 3.88. The number of anilines is 1. The molecule has 1 saturated heterocycles. The number of nitrogens with zero attached hydrogens (tertiary/aromatic N) is 2. The standard InChI is InChI=1S/C23H26ClN5O5/c1-14(2)34-23(33)27-18-13-29(22(32)15-6-4-3-5-7-15)11-10-17(18)26-20(30)21(31)28-19-9-8-16(24)12-25-19/h3-9,12,14,17-18H,10-11,13H2,1-2H3,(H,26,30)(H,27,33)(H,25,28,31)/t17-,18+/m0/s1. The molecule has 3 N–H and O–H groups in total. The minimum atomic E-state index is -0.916. The third-order valence-corrected chi connectivity index (χ3v) is 5.28. The van der Waals surface area contributed by atoms with Crippen LogP contribution in [0.3, 0.4) is 0 Å². The summed E-state index contributed by atoms with van der Waals surface area (Å²) < 4.78 is 5.16. The van der Waals surface area contributed by atoms with E-state index in [-0.39, 0.29) is 24.4 Å². The molecular formula is C23H26ClN5O5. The van der Waals surface area contributed by atoms with E-state index < -0.39 is 30.0 Å². The Kier molecular flexibility index (Phi) is 8.42. The van der Waals surface area contributed by atoms with E-state index in [1.165, 1.54) is 18.3 Å². The van der Waals surface area contributed by atoms with E-state index >= 15 is 0 Å². The zero-order valence-corrected chi connectivity index (χ0v) is 19.5. The maximum atomic E-state index is 12.9. The molecule has 2 atom stereocenters. The average molecular weight is 488 g/mol. The van der Waals surface area contributed by atoms with Crippen LogP contribution in [-0.2, 0) is 14.3 Å². The van der Waals surface area contributed by atoms with Crippen molar-refractivity contribution in [3.8, 4) is 0 Å². The molecule has 2 heterocycles. The van der Waals surface area contributed by atoms with Crippen LogP contribution in [0.5, 0.6) is 0 Å². The molecule has 0 saturated carbocycles. The highest BCUT2D eigenvalue weighted by Gasteiger charge is 2.35. The lowest BCUT2D eigenvalue weighted by Crippen LogP contribution is -2.62. The molecule has 2 aromatic rings. The van der Waals surface area contributed by atoms with Crippen molar-refractivity contribution in [2.45, 2.75) is 38.5 Å². The molecule has 1 aromatic carbocycles. The quantitative estimate of drug-likeness (QED) is 0.554. The minimum Gasteiger partial charge on any atom is -0.447 e. The summed E-state index contributed by atoms with van der Waals surface area (Å²) in [5.74, 6) is -1.83. The molecular weight excluding hydrogens is 462 g/mol. The predicted octanol–water partition coefficient (Wildman–Crippen LogP) is 2.21. The third-order valence-electron chi connectivity index (χ3n) is 5.06. The molecule has 180 valence electrons. The number of alkyl carbamates (subject to hydrolysis) is 1. The van der Waals surface area contributed by atoms with E-state index in [4.69, 9.17) is 16.3 Å². The van der Waals surface area contributed by atoms with Gasteiger partial charge in [-0.1, -0.05) is 29.8 Å². The smallest absolute Gasteiger partial charge is 0.407 e. The third kappa shape index (κ3) is 6.92. The van der Waals surface area contributed by atoms with Crippen molar-refractivity contribution in [1.29, 1.82) is 0 Å². The lowest BCUT2D eigenvalue weighted by atomic mass is 9.98. The minimum absolute atomic E-state index is 0.131. The molecule has 1 aliphatic heterocycles. The van der Waals surface area contributed by atoms with Crippen LogP contribution in [0.1, 0.15) is 30.6 Å². The van der Waals surface area contributed by atoms with Crippen LogP contribution in [0.15, 0.2) is 48.7 Å². The van der Waals surface area contributed by atoms with Gasteiger partial charge in [-0.2, -0.15) is 0 Å². The van der Waals surface area contributed by atoms with Gasteiger partial charge in [0.2, 0.25) is 0 Å². The molecule has 34 heavy (non-hydrogen) atoms. The van der Waals surface area contributed by atoms with Gasteiger partial charge in [-0.25, -0.2) is 9.78 Å². The molecule has 4 amide bonds. The molecule has 0 radical (unpaired) electrons. The Morgan fingerprint density at radius 3 is 2.41 bits per heavy atom. The van der Waals surface area contributed by atoms with Gasteiger partial charge in [0.25, 0.3) is 5.91 Å². The van der Waals surface area contributed by atoms with Crippen molar-refractivity contribution >= 4 is 41.2 Å². The molecule has 11 heteroatoms. The summed E-state index contributed by atoms with van der Waals surface area (Å²) in [5.41, 5.74) is 0.517. The Morgan fingerprint density at radius 2 is 1.76 bits per heavy atom. The van der Waals surface area contributed by atoms with Gasteiger partial charge >= 0.3 is 17.9 Å². The van der Waals surface area contributed by atoms with Gasteiger partial charge in [0.1, 0.15) is 5.82 Å². The normalized spacial score (nSPS) is 17.6. The first kappa shape index (κ1) is 25.0. The summed E-state index contributed by atoms with van der Waals surface area (Å²) in [5, 5.41) is 8.14. The lowest BCUT2D eigenvalue weighted by Gasteiger charge is -2.39. The number of nitrogens with one attached hydrogen (secondary N) is 3. The number of rotatable bonds is 5. The second kappa shape index (κ2) is 11.5. The molecule has 3 rings (SSSR count). The number of carbonyl (C=O) groups is 4. The number of hydrogen-bond donors (Lipinski definition) is 3. The van der Waals surface area contributed by atoms with Gasteiger partial charge in [0.15, 0.2) is 0 Å². The predicted molar refractivity (Wildman–Crippen MR) is 125 cm³/mol. The van der Waals surface area contributed by atoms with Crippen LogP contribution in [0.25, 0.3) is 0 Å². The Labute approximate surface area is 202 Å². The molecule has 1 aromatic heterocycles. The first-order valence-electron chi connectivity index (χ1n) is 10.8. The fraction of sp³-hybridized carbons (Fsp3) is 0.348. The Balaban J connectivity index is 1.67. The highest BCUT2D eigenvalue weighted by Crippen LogP contribution is 2.16. The molecule has 10 nitrogen and oxygen atoms in total. The van der Waals surface area contributed by atoms with Crippen molar-refractivity contribution in [3.05, 3.63) is 59.2 Å². The zero-order chi connectivity index (χ0) is 24.7. The summed E-state index contributed by atoms with van der Waals surface area (Å²) >= 11 is 5.77. The molecule has 0 unspecified atom stereocenters. The van der Waals surface area contributed by atoms with Crippen molar-refractivity contribution < 1.29 is 23.9 Å². The van der Waals surface area contributed by atoms with E-state index in [0.717, 1.165) is 0 Å². The zero-order valence-electron chi connectivity index (χ0n) is 18.8. The number of likely N-dealkylation sites (tertiary alicyclic amines) is 1. The number of amides is 4. The molecule has 0 aliphatic carbocycles. The van der Waals surface area contributed by atoms with Crippen LogP contribution in [-0.4, -0.2) is 65.0 Å². The van der Waals surface area contributed by atoms with Crippen molar-refractivity contribution in [1.82, 2.24) is 20.5 Å². The summed E-state index contributed by atoms with van der Waals surface area (Å²) in [7, 11) is 0. The van der Waals surface area contributed by atoms with Crippen LogP contribution in [0, 0.1) is 0 Å². The molecule has 1 fully saturated rings. The number of benzene rings is 1. The number of aromatic nitrogens is 1. The summed E-state index contributed by atoms with van der Waals surface area (Å²) in [6.07, 6.45) is 0.637. The van der Waals surface area contributed by atoms with Gasteiger partial charge in [0.05, 0.1) is 23.2 Å². The molecule has 1 aliphatic rings. The highest BCUT2D eigenvalue weighted by molar-refractivity contribution is 6.39. The fourth-order valence-corrected chi connectivity index (χ4v) is 3.59. The number of hydrogen-bond acceptors (Lipinski definition) is 6. The number of ether oxygens (including phenoxy) is 1. The van der Waals surface area contributed by atoms with Crippen LogP contribution >= 0.6 is 11.6 Å². The number of carbonyl (C=O) groups excluding carboxylic acids is 4. The van der Waals surface area contributed by atoms with Crippen molar-refractivity contribution in [2.24, 2.45) is 0 Å². The second-order valence-corrected chi connectivity index (χ2v) is 8.44. The number of piperidine rings is 1. The number of halogens is 1. The highest BCUT2D eigenvalue weighted by atomic mass is 35.5. The van der Waals surface area contributed by atoms with Crippen molar-refractivity contribution in [3.63, 3.8) is 0 Å². The largest absolute Gasteiger partial charge is 0.447 e. The van der Waals surface area contributed by atoms with Gasteiger partial charge < -0.3 is 25.6 Å². The monoisotopic (exact) mass is 487 g/mol. The topological polar surface area (TPSA) is 130 Å². The molecule has 0 spiro atoms. The first-order chi connectivity index (χ1) is 16.2. The SMILES string of the molecule is CC(C)OC(=O)N[C@@H]1CN(C(=O)c2ccccc2)CC[C@@H]1NC(=O)C(=O)Nc1ccc(Cl)cn1.